The lowest BCUT2D eigenvalue weighted by atomic mass is 9.84. The van der Waals surface area contributed by atoms with Crippen molar-refractivity contribution in [2.24, 2.45) is 5.41 Å². The first-order chi connectivity index (χ1) is 9.53. The van der Waals surface area contributed by atoms with Gasteiger partial charge < -0.3 is 0 Å². The Morgan fingerprint density at radius 3 is 2.80 bits per heavy atom. The molecular formula is C18H25NO. The highest BCUT2D eigenvalue weighted by molar-refractivity contribution is 5.97. The van der Waals surface area contributed by atoms with Crippen LogP contribution in [0, 0.1) is 5.41 Å². The van der Waals surface area contributed by atoms with Crippen LogP contribution in [0.1, 0.15) is 54.6 Å². The van der Waals surface area contributed by atoms with Crippen molar-refractivity contribution in [2.75, 3.05) is 19.6 Å². The first-order valence-electron chi connectivity index (χ1n) is 7.91. The Morgan fingerprint density at radius 2 is 2.00 bits per heavy atom. The van der Waals surface area contributed by atoms with Gasteiger partial charge in [-0.3, -0.25) is 9.69 Å². The van der Waals surface area contributed by atoms with E-state index >= 15 is 0 Å². The molecule has 108 valence electrons. The monoisotopic (exact) mass is 271 g/mol. The summed E-state index contributed by atoms with van der Waals surface area (Å²) in [6, 6.07) is 6.33. The third-order valence-corrected chi connectivity index (χ3v) is 4.77. The van der Waals surface area contributed by atoms with Crippen LogP contribution < -0.4 is 0 Å². The van der Waals surface area contributed by atoms with Crippen LogP contribution in [0.15, 0.2) is 18.2 Å². The largest absolute Gasteiger partial charge is 0.295 e. The van der Waals surface area contributed by atoms with E-state index in [4.69, 9.17) is 0 Å². The summed E-state index contributed by atoms with van der Waals surface area (Å²) in [4.78, 5) is 14.8. The first kappa shape index (κ1) is 13.8. The van der Waals surface area contributed by atoms with Crippen molar-refractivity contribution in [1.82, 2.24) is 4.90 Å². The smallest absolute Gasteiger partial charge is 0.176 e. The molecule has 0 spiro atoms. The molecule has 2 nitrogen and oxygen atoms in total. The van der Waals surface area contributed by atoms with E-state index in [-0.39, 0.29) is 5.78 Å². The molecule has 0 aromatic heterocycles. The quantitative estimate of drug-likeness (QED) is 0.784. The van der Waals surface area contributed by atoms with Crippen molar-refractivity contribution >= 4 is 5.78 Å². The van der Waals surface area contributed by atoms with E-state index in [1.54, 1.807) is 0 Å². The Labute approximate surface area is 122 Å². The van der Waals surface area contributed by atoms with Crippen LogP contribution in [0.2, 0.25) is 0 Å². The van der Waals surface area contributed by atoms with Gasteiger partial charge in [0.2, 0.25) is 0 Å². The minimum absolute atomic E-state index is 0.289. The molecule has 0 amide bonds. The van der Waals surface area contributed by atoms with E-state index in [0.717, 1.165) is 25.1 Å². The summed E-state index contributed by atoms with van der Waals surface area (Å²) in [5.41, 5.74) is 4.11. The van der Waals surface area contributed by atoms with Crippen LogP contribution in [0.4, 0.5) is 0 Å². The van der Waals surface area contributed by atoms with Crippen LogP contribution in [0.5, 0.6) is 0 Å². The summed E-state index contributed by atoms with van der Waals surface area (Å²) in [7, 11) is 0. The van der Waals surface area contributed by atoms with Crippen LogP contribution in [-0.4, -0.2) is 30.3 Å². The lowest BCUT2D eigenvalue weighted by molar-refractivity contribution is 0.0810. The number of ketones is 1. The van der Waals surface area contributed by atoms with Gasteiger partial charge in [0.05, 0.1) is 6.54 Å². The molecule has 1 fully saturated rings. The zero-order valence-corrected chi connectivity index (χ0v) is 12.7. The van der Waals surface area contributed by atoms with Crippen molar-refractivity contribution < 1.29 is 4.79 Å². The fraction of sp³-hybridized carbons (Fsp3) is 0.611. The van der Waals surface area contributed by atoms with Gasteiger partial charge in [0.1, 0.15) is 0 Å². The van der Waals surface area contributed by atoms with Gasteiger partial charge in [-0.15, -0.1) is 0 Å². The van der Waals surface area contributed by atoms with Gasteiger partial charge in [0, 0.05) is 12.1 Å². The van der Waals surface area contributed by atoms with Crippen molar-refractivity contribution in [2.45, 2.75) is 46.0 Å². The third kappa shape index (κ3) is 2.95. The van der Waals surface area contributed by atoms with E-state index in [9.17, 15) is 4.79 Å². The Kier molecular flexibility index (Phi) is 3.68. The van der Waals surface area contributed by atoms with Gasteiger partial charge in [0.25, 0.3) is 0 Å². The SMILES string of the molecule is CC1(C)CCCN(CC(=O)c2ccc3c(c2)CCC3)C1. The van der Waals surface area contributed by atoms with Crippen LogP contribution >= 0.6 is 0 Å². The summed E-state index contributed by atoms with van der Waals surface area (Å²) in [6.45, 7) is 7.31. The second kappa shape index (κ2) is 5.33. The normalized spacial score (nSPS) is 21.7. The number of piperidine rings is 1. The van der Waals surface area contributed by atoms with Crippen molar-refractivity contribution in [3.63, 3.8) is 0 Å². The van der Waals surface area contributed by atoms with Gasteiger partial charge in [-0.1, -0.05) is 26.0 Å². The van der Waals surface area contributed by atoms with Crippen molar-refractivity contribution in [3.05, 3.63) is 34.9 Å². The second-order valence-electron chi connectivity index (χ2n) is 7.24. The Hall–Kier alpha value is -1.15. The lowest BCUT2D eigenvalue weighted by Crippen LogP contribution is -2.42. The molecule has 1 aromatic rings. The molecule has 0 unspecified atom stereocenters. The van der Waals surface area contributed by atoms with Crippen LogP contribution in [0.25, 0.3) is 0 Å². The van der Waals surface area contributed by atoms with Crippen LogP contribution in [0.3, 0.4) is 0 Å². The van der Waals surface area contributed by atoms with Crippen molar-refractivity contribution in [3.8, 4) is 0 Å². The first-order valence-corrected chi connectivity index (χ1v) is 7.91. The molecule has 1 saturated heterocycles. The lowest BCUT2D eigenvalue weighted by Gasteiger charge is -2.37. The van der Waals surface area contributed by atoms with E-state index in [2.05, 4.69) is 30.9 Å². The molecular weight excluding hydrogens is 246 g/mol. The number of rotatable bonds is 3. The molecule has 0 bridgehead atoms. The number of Topliss-reactive ketones (excluding diaryl/α,β-unsaturated/α-hetero) is 1. The average Bonchev–Trinajstić information content (AvgIpc) is 2.84. The molecule has 20 heavy (non-hydrogen) atoms. The molecule has 0 saturated carbocycles. The second-order valence-corrected chi connectivity index (χ2v) is 7.24. The van der Waals surface area contributed by atoms with Gasteiger partial charge in [-0.2, -0.15) is 0 Å². The molecule has 1 aliphatic carbocycles. The number of carbonyl (C=O) groups excluding carboxylic acids is 1. The Morgan fingerprint density at radius 1 is 1.20 bits per heavy atom. The molecule has 2 aliphatic rings. The van der Waals surface area contributed by atoms with E-state index < -0.39 is 0 Å². The van der Waals surface area contributed by atoms with E-state index in [0.29, 0.717) is 12.0 Å². The molecule has 1 aliphatic heterocycles. The molecule has 1 aromatic carbocycles. The minimum atomic E-state index is 0.289. The molecule has 1 heterocycles. The number of likely N-dealkylation sites (tertiary alicyclic amines) is 1. The zero-order valence-electron chi connectivity index (χ0n) is 12.7. The number of carbonyl (C=O) groups is 1. The topological polar surface area (TPSA) is 20.3 Å². The molecule has 0 radical (unpaired) electrons. The predicted octanol–water partition coefficient (Wildman–Crippen LogP) is 3.48. The van der Waals surface area contributed by atoms with Gasteiger partial charge in [0.15, 0.2) is 5.78 Å². The highest BCUT2D eigenvalue weighted by Gasteiger charge is 2.27. The zero-order chi connectivity index (χ0) is 14.2. The maximum Gasteiger partial charge on any atom is 0.176 e. The highest BCUT2D eigenvalue weighted by Crippen LogP contribution is 2.28. The molecule has 2 heteroatoms. The fourth-order valence-electron chi connectivity index (χ4n) is 3.72. The summed E-state index contributed by atoms with van der Waals surface area (Å²) < 4.78 is 0. The summed E-state index contributed by atoms with van der Waals surface area (Å²) in [6.07, 6.45) is 6.06. The highest BCUT2D eigenvalue weighted by atomic mass is 16.1. The average molecular weight is 271 g/mol. The summed E-state index contributed by atoms with van der Waals surface area (Å²) in [5.74, 6) is 0.289. The standard InChI is InChI=1S/C18H25NO/c1-18(2)9-4-10-19(13-18)12-17(20)16-8-7-14-5-3-6-15(14)11-16/h7-8,11H,3-6,9-10,12-13H2,1-2H3. The van der Waals surface area contributed by atoms with Crippen molar-refractivity contribution in [1.29, 1.82) is 0 Å². The van der Waals surface area contributed by atoms with Gasteiger partial charge in [-0.25, -0.2) is 0 Å². The maximum atomic E-state index is 12.5. The number of hydrogen-bond donors (Lipinski definition) is 0. The van der Waals surface area contributed by atoms with Gasteiger partial charge in [-0.05, 0) is 61.3 Å². The van der Waals surface area contributed by atoms with E-state index in [1.807, 2.05) is 6.07 Å². The molecule has 3 rings (SSSR count). The minimum Gasteiger partial charge on any atom is -0.295 e. The maximum absolute atomic E-state index is 12.5. The summed E-state index contributed by atoms with van der Waals surface area (Å²) >= 11 is 0. The number of hydrogen-bond acceptors (Lipinski definition) is 2. The summed E-state index contributed by atoms with van der Waals surface area (Å²) in [5, 5.41) is 0. The van der Waals surface area contributed by atoms with Gasteiger partial charge >= 0.3 is 0 Å². The predicted molar refractivity (Wildman–Crippen MR) is 82.3 cm³/mol. The van der Waals surface area contributed by atoms with E-state index in [1.165, 1.54) is 36.8 Å². The number of aryl methyl sites for hydroxylation is 2. The number of benzene rings is 1. The Bertz CT molecular complexity index is 518. The Balaban J connectivity index is 1.67. The molecule has 0 N–H and O–H groups in total. The fourth-order valence-corrected chi connectivity index (χ4v) is 3.72. The number of fused-ring (bicyclic) bond motifs is 1. The van der Waals surface area contributed by atoms with Crippen LogP contribution in [-0.2, 0) is 12.8 Å². The third-order valence-electron chi connectivity index (χ3n) is 4.77. The number of nitrogens with zero attached hydrogens (tertiary/aromatic N) is 1. The molecule has 0 atom stereocenters.